The average molecular weight is 555 g/mol. The van der Waals surface area contributed by atoms with Gasteiger partial charge in [0.1, 0.15) is 29.8 Å². The number of rotatable bonds is 9. The van der Waals surface area contributed by atoms with E-state index in [9.17, 15) is 9.59 Å². The molecular weight excluding hydrogens is 524 g/mol. The molecule has 2 saturated heterocycles. The summed E-state index contributed by atoms with van der Waals surface area (Å²) in [6, 6.07) is 26.6. The summed E-state index contributed by atoms with van der Waals surface area (Å²) < 4.78 is 7.31. The first-order chi connectivity index (χ1) is 19.4. The SMILES string of the molecule is CC1(C)S[C@@H]2C(NC(=O)Cc3ccccc3)C(=O)N2C1c1nnnn1Cc1ccc(OCc2ccccc2)cc1. The second-order valence-corrected chi connectivity index (χ2v) is 12.4. The molecule has 3 heterocycles. The molecule has 0 saturated carbocycles. The molecule has 40 heavy (non-hydrogen) atoms. The van der Waals surface area contributed by atoms with Gasteiger partial charge in [-0.3, -0.25) is 9.59 Å². The van der Waals surface area contributed by atoms with Crippen LogP contribution < -0.4 is 10.1 Å². The summed E-state index contributed by atoms with van der Waals surface area (Å²) in [5.74, 6) is 1.15. The number of carbonyl (C=O) groups is 2. The highest BCUT2D eigenvalue weighted by atomic mass is 32.2. The van der Waals surface area contributed by atoms with E-state index in [1.54, 1.807) is 16.4 Å². The Kier molecular flexibility index (Phi) is 7.02. The van der Waals surface area contributed by atoms with E-state index in [4.69, 9.17) is 4.74 Å². The number of ether oxygens (including phenoxy) is 1. The van der Waals surface area contributed by atoms with Crippen LogP contribution in [0.25, 0.3) is 0 Å². The Morgan fingerprint density at radius 1 is 0.950 bits per heavy atom. The van der Waals surface area contributed by atoms with E-state index >= 15 is 0 Å². The number of benzene rings is 3. The van der Waals surface area contributed by atoms with Crippen LogP contribution in [-0.2, 0) is 29.2 Å². The van der Waals surface area contributed by atoms with Crippen LogP contribution in [0, 0.1) is 0 Å². The molecule has 2 aliphatic heterocycles. The van der Waals surface area contributed by atoms with Crippen molar-refractivity contribution >= 4 is 23.6 Å². The summed E-state index contributed by atoms with van der Waals surface area (Å²) in [5.41, 5.74) is 3.04. The topological polar surface area (TPSA) is 102 Å². The lowest BCUT2D eigenvalue weighted by molar-refractivity contribution is -0.151. The average Bonchev–Trinajstić information content (AvgIpc) is 3.51. The number of carbonyl (C=O) groups excluding carboxylic acids is 2. The van der Waals surface area contributed by atoms with E-state index in [2.05, 4.69) is 34.7 Å². The van der Waals surface area contributed by atoms with E-state index < -0.39 is 6.04 Å². The molecule has 9 nitrogen and oxygen atoms in total. The number of fused-ring (bicyclic) bond motifs is 1. The van der Waals surface area contributed by atoms with Crippen LogP contribution in [0.3, 0.4) is 0 Å². The van der Waals surface area contributed by atoms with E-state index in [0.29, 0.717) is 19.0 Å². The van der Waals surface area contributed by atoms with E-state index in [1.165, 1.54) is 0 Å². The number of tetrazole rings is 1. The van der Waals surface area contributed by atoms with E-state index in [0.717, 1.165) is 22.4 Å². The quantitative estimate of drug-likeness (QED) is 0.314. The molecule has 2 amide bonds. The second-order valence-electron chi connectivity index (χ2n) is 10.6. The number of amides is 2. The number of β-lactam (4-membered cyclic amide) rings is 1. The molecule has 6 rings (SSSR count). The third-order valence-corrected chi connectivity index (χ3v) is 8.84. The van der Waals surface area contributed by atoms with Crippen molar-refractivity contribution in [3.63, 3.8) is 0 Å². The fourth-order valence-corrected chi connectivity index (χ4v) is 6.93. The number of thioether (sulfide) groups is 1. The van der Waals surface area contributed by atoms with Crippen LogP contribution in [0.4, 0.5) is 0 Å². The lowest BCUT2D eigenvalue weighted by atomic mass is 9.95. The maximum absolute atomic E-state index is 13.3. The largest absolute Gasteiger partial charge is 0.489 e. The molecule has 3 atom stereocenters. The minimum absolute atomic E-state index is 0.107. The summed E-state index contributed by atoms with van der Waals surface area (Å²) in [4.78, 5) is 27.8. The van der Waals surface area contributed by atoms with Gasteiger partial charge in [-0.1, -0.05) is 72.8 Å². The predicted octanol–water partition coefficient (Wildman–Crippen LogP) is 3.76. The number of hydrogen-bond acceptors (Lipinski definition) is 7. The van der Waals surface area contributed by atoms with Gasteiger partial charge in [-0.15, -0.1) is 16.9 Å². The number of hydrogen-bond donors (Lipinski definition) is 1. The highest BCUT2D eigenvalue weighted by Crippen LogP contribution is 2.56. The Bertz CT molecular complexity index is 1490. The zero-order valence-corrected chi connectivity index (χ0v) is 23.1. The van der Waals surface area contributed by atoms with Crippen molar-refractivity contribution in [1.82, 2.24) is 30.4 Å². The Morgan fingerprint density at radius 2 is 1.62 bits per heavy atom. The van der Waals surface area contributed by atoms with Crippen LogP contribution in [-0.4, -0.2) is 53.1 Å². The molecule has 0 spiro atoms. The van der Waals surface area contributed by atoms with Crippen molar-refractivity contribution in [3.8, 4) is 5.75 Å². The molecule has 3 aromatic carbocycles. The zero-order valence-electron chi connectivity index (χ0n) is 22.3. The first-order valence-electron chi connectivity index (χ1n) is 13.2. The molecule has 204 valence electrons. The molecule has 2 unspecified atom stereocenters. The second kappa shape index (κ2) is 10.8. The summed E-state index contributed by atoms with van der Waals surface area (Å²) >= 11 is 1.67. The van der Waals surface area contributed by atoms with Gasteiger partial charge < -0.3 is 15.0 Å². The first kappa shape index (κ1) is 26.1. The summed E-state index contributed by atoms with van der Waals surface area (Å²) in [6.07, 6.45) is 0.239. The predicted molar refractivity (Wildman–Crippen MR) is 151 cm³/mol. The van der Waals surface area contributed by atoms with Crippen LogP contribution in [0.2, 0.25) is 0 Å². The maximum atomic E-state index is 13.3. The smallest absolute Gasteiger partial charge is 0.249 e. The third kappa shape index (κ3) is 5.19. The Hall–Kier alpha value is -4.18. The maximum Gasteiger partial charge on any atom is 0.249 e. The minimum atomic E-state index is -0.557. The lowest BCUT2D eigenvalue weighted by Crippen LogP contribution is -2.68. The van der Waals surface area contributed by atoms with Gasteiger partial charge in [0.2, 0.25) is 11.8 Å². The van der Waals surface area contributed by atoms with E-state index in [1.807, 2.05) is 89.8 Å². The Morgan fingerprint density at radius 3 is 2.33 bits per heavy atom. The van der Waals surface area contributed by atoms with Crippen LogP contribution >= 0.6 is 11.8 Å². The Labute approximate surface area is 236 Å². The van der Waals surface area contributed by atoms with Crippen LogP contribution in [0.5, 0.6) is 5.75 Å². The van der Waals surface area contributed by atoms with Crippen molar-refractivity contribution in [2.75, 3.05) is 0 Å². The Balaban J connectivity index is 1.12. The fourth-order valence-electron chi connectivity index (χ4n) is 5.30. The molecule has 4 aromatic rings. The van der Waals surface area contributed by atoms with Crippen LogP contribution in [0.1, 0.15) is 42.4 Å². The normalized spacial score (nSPS) is 21.0. The van der Waals surface area contributed by atoms with Crippen molar-refractivity contribution in [2.45, 2.75) is 55.6 Å². The summed E-state index contributed by atoms with van der Waals surface area (Å²) in [7, 11) is 0. The first-order valence-corrected chi connectivity index (χ1v) is 14.1. The number of nitrogens with one attached hydrogen (secondary N) is 1. The summed E-state index contributed by atoms with van der Waals surface area (Å²) in [6.45, 7) is 5.15. The molecular formula is C30H30N6O3S. The molecule has 2 aliphatic rings. The zero-order chi connectivity index (χ0) is 27.7. The van der Waals surface area contributed by atoms with Crippen molar-refractivity contribution in [3.05, 3.63) is 107 Å². The molecule has 0 radical (unpaired) electrons. The van der Waals surface area contributed by atoms with Crippen molar-refractivity contribution < 1.29 is 14.3 Å². The highest BCUT2D eigenvalue weighted by Gasteiger charge is 2.63. The van der Waals surface area contributed by atoms with Gasteiger partial charge in [-0.25, -0.2) is 4.68 Å². The van der Waals surface area contributed by atoms with Crippen molar-refractivity contribution in [1.29, 1.82) is 0 Å². The van der Waals surface area contributed by atoms with Gasteiger partial charge in [0.25, 0.3) is 0 Å². The van der Waals surface area contributed by atoms with Gasteiger partial charge in [0.05, 0.1) is 13.0 Å². The van der Waals surface area contributed by atoms with Gasteiger partial charge in [0.15, 0.2) is 5.82 Å². The van der Waals surface area contributed by atoms with E-state index in [-0.39, 0.29) is 34.4 Å². The summed E-state index contributed by atoms with van der Waals surface area (Å²) in [5, 5.41) is 15.3. The number of aromatic nitrogens is 4. The van der Waals surface area contributed by atoms with Crippen LogP contribution in [0.15, 0.2) is 84.9 Å². The van der Waals surface area contributed by atoms with Gasteiger partial charge >= 0.3 is 0 Å². The molecule has 10 heteroatoms. The fraction of sp³-hybridized carbons (Fsp3) is 0.300. The molecule has 2 fully saturated rings. The van der Waals surface area contributed by atoms with Crippen molar-refractivity contribution in [2.24, 2.45) is 0 Å². The van der Waals surface area contributed by atoms with Gasteiger partial charge in [-0.05, 0) is 53.1 Å². The van der Waals surface area contributed by atoms with Gasteiger partial charge in [-0.2, -0.15) is 0 Å². The van der Waals surface area contributed by atoms with Gasteiger partial charge in [0, 0.05) is 4.75 Å². The minimum Gasteiger partial charge on any atom is -0.489 e. The molecule has 1 N–H and O–H groups in total. The monoisotopic (exact) mass is 554 g/mol. The lowest BCUT2D eigenvalue weighted by Gasteiger charge is -2.44. The molecule has 0 bridgehead atoms. The highest BCUT2D eigenvalue weighted by molar-refractivity contribution is 8.01. The molecule has 0 aliphatic carbocycles. The standard InChI is InChI=1S/C30H30N6O3S/c1-30(2)26(36-28(38)25(29(36)40-30)31-24(37)17-20-9-5-3-6-10-20)27-32-33-34-35(27)18-21-13-15-23(16-14-21)39-19-22-11-7-4-8-12-22/h3-16,25-26,29H,17-19H2,1-2H3,(H,31,37)/t25?,26?,29-/m1/s1. The molecule has 1 aromatic heterocycles. The number of nitrogens with zero attached hydrogens (tertiary/aromatic N) is 5. The third-order valence-electron chi connectivity index (χ3n) is 7.27.